The van der Waals surface area contributed by atoms with Crippen LogP contribution in [0, 0.1) is 0 Å². The van der Waals surface area contributed by atoms with Crippen LogP contribution in [0.25, 0.3) is 27.6 Å². The van der Waals surface area contributed by atoms with Crippen LogP contribution in [0.1, 0.15) is 13.8 Å². The van der Waals surface area contributed by atoms with Crippen molar-refractivity contribution in [3.8, 4) is 5.69 Å². The number of ketones is 1. The van der Waals surface area contributed by atoms with Gasteiger partial charge in [0.1, 0.15) is 12.1 Å². The number of imidazole rings is 1. The first-order valence-corrected chi connectivity index (χ1v) is 10.2. The summed E-state index contributed by atoms with van der Waals surface area (Å²) in [5, 5.41) is 2.75. The molecule has 2 aromatic carbocycles. The molecular formula is C22H21N3O2S. The summed E-state index contributed by atoms with van der Waals surface area (Å²) in [5.74, 6) is 0.0522. The first-order valence-electron chi connectivity index (χ1n) is 9.27. The maximum absolute atomic E-state index is 12.4. The van der Waals surface area contributed by atoms with E-state index in [1.165, 1.54) is 11.8 Å². The molecule has 1 atom stereocenters. The van der Waals surface area contributed by atoms with E-state index in [1.807, 2.05) is 48.7 Å². The molecule has 0 radical (unpaired) electrons. The van der Waals surface area contributed by atoms with Crippen molar-refractivity contribution < 1.29 is 9.53 Å². The molecule has 5 nitrogen and oxygen atoms in total. The number of benzene rings is 2. The Morgan fingerprint density at radius 1 is 1.14 bits per heavy atom. The Hall–Kier alpha value is -2.70. The molecule has 142 valence electrons. The van der Waals surface area contributed by atoms with Crippen molar-refractivity contribution in [3.05, 3.63) is 60.8 Å². The van der Waals surface area contributed by atoms with Crippen molar-refractivity contribution in [1.29, 1.82) is 0 Å². The second kappa shape index (κ2) is 8.12. The number of aromatic nitrogens is 3. The van der Waals surface area contributed by atoms with E-state index >= 15 is 0 Å². The number of fused-ring (bicyclic) bond motifs is 2. The number of thioether (sulfide) groups is 1. The number of ether oxygens (including phenoxy) is 1. The maximum Gasteiger partial charge on any atom is 0.175 e. The normalized spacial score (nSPS) is 12.5. The number of nitrogens with zero attached hydrogens (tertiary/aromatic N) is 3. The molecule has 0 aliphatic carbocycles. The van der Waals surface area contributed by atoms with Crippen molar-refractivity contribution in [2.75, 3.05) is 13.2 Å². The molecule has 28 heavy (non-hydrogen) atoms. The van der Waals surface area contributed by atoms with E-state index in [0.717, 1.165) is 32.8 Å². The average Bonchev–Trinajstić information content (AvgIpc) is 3.09. The number of carbonyl (C=O) groups is 1. The summed E-state index contributed by atoms with van der Waals surface area (Å²) in [7, 11) is 0. The highest BCUT2D eigenvalue weighted by atomic mass is 32.2. The highest BCUT2D eigenvalue weighted by Crippen LogP contribution is 2.32. The van der Waals surface area contributed by atoms with Crippen molar-refractivity contribution in [2.45, 2.75) is 24.3 Å². The second-order valence-electron chi connectivity index (χ2n) is 6.44. The Kier molecular flexibility index (Phi) is 5.41. The highest BCUT2D eigenvalue weighted by molar-refractivity contribution is 8.00. The van der Waals surface area contributed by atoms with E-state index in [2.05, 4.69) is 29.2 Å². The largest absolute Gasteiger partial charge is 0.374 e. The van der Waals surface area contributed by atoms with Crippen LogP contribution in [0.2, 0.25) is 0 Å². The summed E-state index contributed by atoms with van der Waals surface area (Å²) in [6, 6.07) is 18.2. The van der Waals surface area contributed by atoms with Gasteiger partial charge < -0.3 is 4.74 Å². The molecule has 0 bridgehead atoms. The Labute approximate surface area is 167 Å². The van der Waals surface area contributed by atoms with E-state index in [9.17, 15) is 4.79 Å². The molecule has 2 aromatic heterocycles. The molecule has 4 rings (SSSR count). The number of carbonyl (C=O) groups excluding carboxylic acids is 1. The van der Waals surface area contributed by atoms with E-state index < -0.39 is 0 Å². The van der Waals surface area contributed by atoms with Gasteiger partial charge in [0.05, 0.1) is 10.9 Å². The summed E-state index contributed by atoms with van der Waals surface area (Å²) >= 11 is 1.44. The van der Waals surface area contributed by atoms with Gasteiger partial charge in [0.15, 0.2) is 16.6 Å². The van der Waals surface area contributed by atoms with Crippen LogP contribution in [0.5, 0.6) is 0 Å². The lowest BCUT2D eigenvalue weighted by molar-refractivity contribution is -0.122. The van der Waals surface area contributed by atoms with Crippen molar-refractivity contribution in [3.63, 3.8) is 0 Å². The summed E-state index contributed by atoms with van der Waals surface area (Å²) < 4.78 is 7.33. The van der Waals surface area contributed by atoms with Crippen LogP contribution in [-0.2, 0) is 9.53 Å². The predicted molar refractivity (Wildman–Crippen MR) is 113 cm³/mol. The molecule has 0 spiro atoms. The Balaban J connectivity index is 1.83. The van der Waals surface area contributed by atoms with Crippen molar-refractivity contribution in [2.24, 2.45) is 0 Å². The van der Waals surface area contributed by atoms with Crippen molar-refractivity contribution in [1.82, 2.24) is 14.5 Å². The Morgan fingerprint density at radius 2 is 1.96 bits per heavy atom. The van der Waals surface area contributed by atoms with Crippen molar-refractivity contribution >= 4 is 39.5 Å². The third-order valence-electron chi connectivity index (χ3n) is 4.58. The van der Waals surface area contributed by atoms with E-state index in [4.69, 9.17) is 9.72 Å². The zero-order valence-corrected chi connectivity index (χ0v) is 16.6. The maximum atomic E-state index is 12.4. The Morgan fingerprint density at radius 3 is 2.82 bits per heavy atom. The molecule has 1 unspecified atom stereocenters. The summed E-state index contributed by atoms with van der Waals surface area (Å²) in [6.07, 6.45) is 1.77. The third-order valence-corrected chi connectivity index (χ3v) is 5.68. The fraction of sp³-hybridized carbons (Fsp3) is 0.227. The number of Topliss-reactive ketones (excluding diaryl/α,β-unsaturated/α-hetero) is 1. The van der Waals surface area contributed by atoms with Gasteiger partial charge in [-0.2, -0.15) is 0 Å². The lowest BCUT2D eigenvalue weighted by atomic mass is 10.1. The van der Waals surface area contributed by atoms with Crippen LogP contribution in [0.4, 0.5) is 0 Å². The smallest absolute Gasteiger partial charge is 0.175 e. The standard InChI is InChI=1S/C22H21N3O2S/c1-3-27-14-20(26)15(2)28-22-24-18-11-7-13-23-21(18)25(22)19-12-6-9-16-8-4-5-10-17(16)19/h4-13,15H,3,14H2,1-2H3. The van der Waals surface area contributed by atoms with Gasteiger partial charge in [-0.3, -0.25) is 9.36 Å². The lowest BCUT2D eigenvalue weighted by Crippen LogP contribution is -2.20. The summed E-state index contributed by atoms with van der Waals surface area (Å²) in [6.45, 7) is 4.43. The second-order valence-corrected chi connectivity index (χ2v) is 7.75. The zero-order valence-electron chi connectivity index (χ0n) is 15.8. The van der Waals surface area contributed by atoms with Crippen LogP contribution in [0.3, 0.4) is 0 Å². The number of rotatable bonds is 7. The first-order chi connectivity index (χ1) is 13.7. The molecule has 4 aromatic rings. The molecule has 0 saturated carbocycles. The SMILES string of the molecule is CCOCC(=O)C(C)Sc1nc2cccnc2n1-c1cccc2ccccc12. The molecule has 0 aliphatic heterocycles. The molecule has 6 heteroatoms. The van der Waals surface area contributed by atoms with Gasteiger partial charge in [-0.25, -0.2) is 9.97 Å². The summed E-state index contributed by atoms with van der Waals surface area (Å²) in [5.41, 5.74) is 2.60. The molecule has 0 aliphatic rings. The quantitative estimate of drug-likeness (QED) is 0.429. The number of pyridine rings is 1. The predicted octanol–water partition coefficient (Wildman–Crippen LogP) is 4.66. The van der Waals surface area contributed by atoms with Gasteiger partial charge in [-0.15, -0.1) is 0 Å². The molecule has 0 saturated heterocycles. The number of hydrogen-bond donors (Lipinski definition) is 0. The summed E-state index contributed by atoms with van der Waals surface area (Å²) in [4.78, 5) is 21.7. The topological polar surface area (TPSA) is 57.0 Å². The highest BCUT2D eigenvalue weighted by Gasteiger charge is 2.21. The molecule has 2 heterocycles. The zero-order chi connectivity index (χ0) is 19.5. The van der Waals surface area contributed by atoms with Gasteiger partial charge in [-0.05, 0) is 37.4 Å². The van der Waals surface area contributed by atoms with E-state index in [0.29, 0.717) is 6.61 Å². The minimum absolute atomic E-state index is 0.0522. The fourth-order valence-corrected chi connectivity index (χ4v) is 4.09. The van der Waals surface area contributed by atoms with E-state index in [-0.39, 0.29) is 17.6 Å². The van der Waals surface area contributed by atoms with Gasteiger partial charge in [-0.1, -0.05) is 48.2 Å². The third kappa shape index (κ3) is 3.53. The molecule has 0 amide bonds. The van der Waals surface area contributed by atoms with Crippen LogP contribution >= 0.6 is 11.8 Å². The van der Waals surface area contributed by atoms with Gasteiger partial charge >= 0.3 is 0 Å². The monoisotopic (exact) mass is 391 g/mol. The lowest BCUT2D eigenvalue weighted by Gasteiger charge is -2.14. The molecule has 0 N–H and O–H groups in total. The van der Waals surface area contributed by atoms with Crippen LogP contribution in [0.15, 0.2) is 66.0 Å². The fourth-order valence-electron chi connectivity index (χ4n) is 3.14. The van der Waals surface area contributed by atoms with Gasteiger partial charge in [0, 0.05) is 18.2 Å². The van der Waals surface area contributed by atoms with Crippen LogP contribution < -0.4 is 0 Å². The van der Waals surface area contributed by atoms with Gasteiger partial charge in [0.2, 0.25) is 0 Å². The molecule has 0 fully saturated rings. The van der Waals surface area contributed by atoms with E-state index in [1.54, 1.807) is 6.20 Å². The number of hydrogen-bond acceptors (Lipinski definition) is 5. The minimum atomic E-state index is -0.267. The minimum Gasteiger partial charge on any atom is -0.374 e. The average molecular weight is 391 g/mol. The Bertz CT molecular complexity index is 1130. The molecular weight excluding hydrogens is 370 g/mol. The van der Waals surface area contributed by atoms with Crippen LogP contribution in [-0.4, -0.2) is 38.8 Å². The first kappa shape index (κ1) is 18.7. The van der Waals surface area contributed by atoms with Gasteiger partial charge in [0.25, 0.3) is 0 Å².